The lowest BCUT2D eigenvalue weighted by molar-refractivity contribution is 0.625. The zero-order valence-electron chi connectivity index (χ0n) is 15.4. The van der Waals surface area contributed by atoms with E-state index in [0.29, 0.717) is 19.6 Å². The zero-order chi connectivity index (χ0) is 19.2. The van der Waals surface area contributed by atoms with Crippen LogP contribution in [0.5, 0.6) is 0 Å². The molecular formula is C23H21FN4. The van der Waals surface area contributed by atoms with E-state index < -0.39 is 0 Å². The molecule has 2 heterocycles. The molecule has 4 aromatic rings. The number of benzene rings is 2. The second kappa shape index (κ2) is 8.59. The molecule has 2 aromatic heterocycles. The normalized spacial score (nSPS) is 10.9. The Balaban J connectivity index is 1.53. The van der Waals surface area contributed by atoms with Crippen molar-refractivity contribution in [1.82, 2.24) is 20.1 Å². The van der Waals surface area contributed by atoms with Gasteiger partial charge in [0.05, 0.1) is 12.2 Å². The Bertz CT molecular complexity index is 1010. The van der Waals surface area contributed by atoms with E-state index in [2.05, 4.69) is 28.6 Å². The summed E-state index contributed by atoms with van der Waals surface area (Å²) in [4.78, 5) is 4.23. The Labute approximate surface area is 163 Å². The van der Waals surface area contributed by atoms with Crippen molar-refractivity contribution >= 4 is 0 Å². The Morgan fingerprint density at radius 3 is 2.43 bits per heavy atom. The molecule has 0 unspecified atom stereocenters. The predicted molar refractivity (Wildman–Crippen MR) is 108 cm³/mol. The standard InChI is InChI=1S/C23H21FN4/c24-22-10-8-18(9-11-22)13-26-15-21-17-28(16-19-5-2-1-3-6-19)27-23(21)20-7-4-12-25-14-20/h1-12,14,17,26H,13,15-16H2. The van der Waals surface area contributed by atoms with Crippen LogP contribution in [0, 0.1) is 5.82 Å². The molecule has 0 aliphatic rings. The van der Waals surface area contributed by atoms with Crippen LogP contribution in [0.3, 0.4) is 0 Å². The molecule has 0 atom stereocenters. The van der Waals surface area contributed by atoms with Gasteiger partial charge in [-0.2, -0.15) is 5.10 Å². The van der Waals surface area contributed by atoms with E-state index in [1.54, 1.807) is 18.3 Å². The molecule has 0 bridgehead atoms. The molecule has 0 saturated heterocycles. The maximum Gasteiger partial charge on any atom is 0.123 e. The molecule has 4 rings (SSSR count). The van der Waals surface area contributed by atoms with Crippen LogP contribution in [0.4, 0.5) is 4.39 Å². The van der Waals surface area contributed by atoms with Crippen LogP contribution in [-0.4, -0.2) is 14.8 Å². The van der Waals surface area contributed by atoms with Crippen molar-refractivity contribution in [2.45, 2.75) is 19.6 Å². The first-order chi connectivity index (χ1) is 13.8. The Morgan fingerprint density at radius 1 is 0.857 bits per heavy atom. The summed E-state index contributed by atoms with van der Waals surface area (Å²) in [5.74, 6) is -0.218. The predicted octanol–water partition coefficient (Wildman–Crippen LogP) is 4.42. The summed E-state index contributed by atoms with van der Waals surface area (Å²) >= 11 is 0. The lowest BCUT2D eigenvalue weighted by atomic mass is 10.1. The third-order valence-corrected chi connectivity index (χ3v) is 4.52. The van der Waals surface area contributed by atoms with Crippen molar-refractivity contribution in [1.29, 1.82) is 0 Å². The summed E-state index contributed by atoms with van der Waals surface area (Å²) in [6, 6.07) is 20.8. The van der Waals surface area contributed by atoms with Crippen molar-refractivity contribution in [3.05, 3.63) is 108 Å². The van der Waals surface area contributed by atoms with Crippen LogP contribution in [0.2, 0.25) is 0 Å². The first kappa shape index (κ1) is 18.1. The molecule has 0 saturated carbocycles. The van der Waals surface area contributed by atoms with Crippen molar-refractivity contribution in [2.75, 3.05) is 0 Å². The topological polar surface area (TPSA) is 42.7 Å². The van der Waals surface area contributed by atoms with E-state index in [0.717, 1.165) is 22.4 Å². The third-order valence-electron chi connectivity index (χ3n) is 4.52. The van der Waals surface area contributed by atoms with Gasteiger partial charge in [-0.15, -0.1) is 0 Å². The number of hydrogen-bond acceptors (Lipinski definition) is 3. The van der Waals surface area contributed by atoms with Crippen molar-refractivity contribution in [2.24, 2.45) is 0 Å². The highest BCUT2D eigenvalue weighted by Crippen LogP contribution is 2.22. The van der Waals surface area contributed by atoms with Crippen LogP contribution in [0.15, 0.2) is 85.3 Å². The minimum Gasteiger partial charge on any atom is -0.308 e. The molecule has 5 heteroatoms. The van der Waals surface area contributed by atoms with E-state index >= 15 is 0 Å². The third kappa shape index (κ3) is 4.50. The Hall–Kier alpha value is -3.31. The molecule has 0 fully saturated rings. The Morgan fingerprint density at radius 2 is 1.68 bits per heavy atom. The van der Waals surface area contributed by atoms with Gasteiger partial charge in [0, 0.05) is 42.8 Å². The van der Waals surface area contributed by atoms with Gasteiger partial charge in [0.25, 0.3) is 0 Å². The van der Waals surface area contributed by atoms with E-state index in [1.165, 1.54) is 17.7 Å². The quantitative estimate of drug-likeness (QED) is 0.522. The molecule has 4 nitrogen and oxygen atoms in total. The largest absolute Gasteiger partial charge is 0.308 e. The highest BCUT2D eigenvalue weighted by Gasteiger charge is 2.11. The number of pyridine rings is 1. The molecule has 0 radical (unpaired) electrons. The van der Waals surface area contributed by atoms with E-state index in [9.17, 15) is 4.39 Å². The first-order valence-corrected chi connectivity index (χ1v) is 9.24. The SMILES string of the molecule is Fc1ccc(CNCc2cn(Cc3ccccc3)nc2-c2cccnc2)cc1. The minimum atomic E-state index is -0.218. The maximum absolute atomic E-state index is 13.1. The lowest BCUT2D eigenvalue weighted by Crippen LogP contribution is -2.12. The number of nitrogens with one attached hydrogen (secondary N) is 1. The second-order valence-corrected chi connectivity index (χ2v) is 6.66. The summed E-state index contributed by atoms with van der Waals surface area (Å²) in [5, 5.41) is 8.23. The fourth-order valence-corrected chi connectivity index (χ4v) is 3.13. The fourth-order valence-electron chi connectivity index (χ4n) is 3.13. The van der Waals surface area contributed by atoms with Gasteiger partial charge in [0.2, 0.25) is 0 Å². The fraction of sp³-hybridized carbons (Fsp3) is 0.130. The van der Waals surface area contributed by atoms with Crippen molar-refractivity contribution in [3.63, 3.8) is 0 Å². The average molecular weight is 372 g/mol. The lowest BCUT2D eigenvalue weighted by Gasteiger charge is -2.05. The van der Waals surface area contributed by atoms with Crippen LogP contribution < -0.4 is 5.32 Å². The number of rotatable bonds is 7. The number of nitrogens with zero attached hydrogens (tertiary/aromatic N) is 3. The number of hydrogen-bond donors (Lipinski definition) is 1. The van der Waals surface area contributed by atoms with Gasteiger partial charge < -0.3 is 5.32 Å². The molecule has 2 aromatic carbocycles. The number of aromatic nitrogens is 3. The van der Waals surface area contributed by atoms with Crippen molar-refractivity contribution < 1.29 is 4.39 Å². The molecule has 140 valence electrons. The summed E-state index contributed by atoms with van der Waals surface area (Å²) < 4.78 is 15.0. The van der Waals surface area contributed by atoms with E-state index in [-0.39, 0.29) is 5.82 Å². The van der Waals surface area contributed by atoms with Gasteiger partial charge in [-0.3, -0.25) is 9.67 Å². The summed E-state index contributed by atoms with van der Waals surface area (Å²) in [6.07, 6.45) is 5.67. The molecule has 0 aliphatic carbocycles. The second-order valence-electron chi connectivity index (χ2n) is 6.66. The van der Waals surface area contributed by atoms with Crippen LogP contribution in [-0.2, 0) is 19.6 Å². The van der Waals surface area contributed by atoms with Crippen LogP contribution >= 0.6 is 0 Å². The molecule has 28 heavy (non-hydrogen) atoms. The average Bonchev–Trinajstić information content (AvgIpc) is 3.13. The molecule has 0 spiro atoms. The minimum absolute atomic E-state index is 0.218. The van der Waals surface area contributed by atoms with Crippen molar-refractivity contribution in [3.8, 4) is 11.3 Å². The van der Waals surface area contributed by atoms with E-state index in [1.807, 2.05) is 41.2 Å². The molecular weight excluding hydrogens is 351 g/mol. The van der Waals surface area contributed by atoms with Gasteiger partial charge in [-0.25, -0.2) is 4.39 Å². The van der Waals surface area contributed by atoms with Gasteiger partial charge in [-0.1, -0.05) is 42.5 Å². The summed E-state index contributed by atoms with van der Waals surface area (Å²) in [5.41, 5.74) is 5.27. The van der Waals surface area contributed by atoms with Crippen LogP contribution in [0.25, 0.3) is 11.3 Å². The molecule has 0 amide bonds. The van der Waals surface area contributed by atoms with Gasteiger partial charge in [0.15, 0.2) is 0 Å². The van der Waals surface area contributed by atoms with Gasteiger partial charge >= 0.3 is 0 Å². The maximum atomic E-state index is 13.1. The highest BCUT2D eigenvalue weighted by atomic mass is 19.1. The monoisotopic (exact) mass is 372 g/mol. The smallest absolute Gasteiger partial charge is 0.123 e. The number of halogens is 1. The summed E-state index contributed by atoms with van der Waals surface area (Å²) in [6.45, 7) is 2.04. The van der Waals surface area contributed by atoms with Gasteiger partial charge in [0.1, 0.15) is 5.82 Å². The first-order valence-electron chi connectivity index (χ1n) is 9.24. The summed E-state index contributed by atoms with van der Waals surface area (Å²) in [7, 11) is 0. The molecule has 1 N–H and O–H groups in total. The highest BCUT2D eigenvalue weighted by molar-refractivity contribution is 5.61. The Kier molecular flexibility index (Phi) is 5.54. The molecule has 0 aliphatic heterocycles. The zero-order valence-corrected chi connectivity index (χ0v) is 15.4. The van der Waals surface area contributed by atoms with Gasteiger partial charge in [-0.05, 0) is 35.4 Å². The van der Waals surface area contributed by atoms with E-state index in [4.69, 9.17) is 5.10 Å². The van der Waals surface area contributed by atoms with Crippen LogP contribution in [0.1, 0.15) is 16.7 Å².